The number of amides is 3. The molecule has 20 heteroatoms. The van der Waals surface area contributed by atoms with Gasteiger partial charge in [-0.3, -0.25) is 19.3 Å². The molecule has 0 bridgehead atoms. The van der Waals surface area contributed by atoms with Crippen molar-refractivity contribution in [3.05, 3.63) is 47.0 Å². The molecule has 2 aromatic heterocycles. The van der Waals surface area contributed by atoms with E-state index in [9.17, 15) is 34.2 Å². The molecule has 250 valence electrons. The maximum Gasteiger partial charge on any atom is 0.352 e. The third kappa shape index (κ3) is 7.34. The van der Waals surface area contributed by atoms with E-state index in [-0.39, 0.29) is 52.4 Å². The molecular formula is C27H33N10O8S2+. The normalized spacial score (nSPS) is 17.6. The number of nitrogens with zero attached hydrogens (tertiary/aromatic N) is 5. The molecule has 0 radical (unpaired) electrons. The van der Waals surface area contributed by atoms with E-state index in [0.717, 1.165) is 16.2 Å². The number of hydrogen-bond donors (Lipinski definition) is 8. The van der Waals surface area contributed by atoms with Gasteiger partial charge in [0.05, 0.1) is 12.1 Å². The molecule has 0 unspecified atom stereocenters. The van der Waals surface area contributed by atoms with Crippen molar-refractivity contribution in [1.29, 1.82) is 0 Å². The number of aromatic nitrogens is 3. The predicted molar refractivity (Wildman–Crippen MR) is 171 cm³/mol. The summed E-state index contributed by atoms with van der Waals surface area (Å²) in [6, 6.07) is -1.11. The van der Waals surface area contributed by atoms with Crippen LogP contribution in [0.1, 0.15) is 32.4 Å². The number of carboxylic acid groups (broad SMARTS) is 2. The first kappa shape index (κ1) is 34.8. The highest BCUT2D eigenvalue weighted by molar-refractivity contribution is 7.80. The number of oxime groups is 1. The molecule has 1 aliphatic heterocycles. The Morgan fingerprint density at radius 2 is 2.00 bits per heavy atom. The first-order valence-electron chi connectivity index (χ1n) is 13.9. The Hall–Kier alpha value is -5.08. The van der Waals surface area contributed by atoms with Crippen molar-refractivity contribution in [3.8, 4) is 0 Å². The average molecular weight is 690 g/mol. The summed E-state index contributed by atoms with van der Waals surface area (Å²) in [5, 5.41) is 29.9. The Kier molecular flexibility index (Phi) is 10.2. The molecule has 3 heterocycles. The molecule has 1 spiro atoms. The zero-order chi connectivity index (χ0) is 34.7. The SMILES string of the molecule is CC(C)(O/N=C(\C(=O)N[C@@H]1C(=O)N(/C(C(=O)O)=C(/C=C/C[n+]2cnc(N)c(NC(=O)CN)c2)CS)C12CC2)c1csc(N)n1)C(=O)O. The first-order chi connectivity index (χ1) is 22.1. The van der Waals surface area contributed by atoms with Gasteiger partial charge in [-0.05, 0) is 43.3 Å². The van der Waals surface area contributed by atoms with Gasteiger partial charge in [0, 0.05) is 11.1 Å². The molecular weight excluding hydrogens is 656 g/mol. The fourth-order valence-corrected chi connectivity index (χ4v) is 5.38. The van der Waals surface area contributed by atoms with Gasteiger partial charge in [-0.15, -0.1) is 11.3 Å². The lowest BCUT2D eigenvalue weighted by atomic mass is 9.89. The van der Waals surface area contributed by atoms with Crippen molar-refractivity contribution in [2.75, 3.05) is 29.1 Å². The van der Waals surface area contributed by atoms with Crippen molar-refractivity contribution >= 4 is 76.0 Å². The van der Waals surface area contributed by atoms with Crippen molar-refractivity contribution in [2.45, 2.75) is 50.4 Å². The average Bonchev–Trinajstić information content (AvgIpc) is 3.73. The first-order valence-corrected chi connectivity index (χ1v) is 15.4. The van der Waals surface area contributed by atoms with E-state index in [1.54, 1.807) is 10.6 Å². The van der Waals surface area contributed by atoms with Crippen LogP contribution in [0.15, 0.2) is 46.5 Å². The number of nitrogens with two attached hydrogens (primary N) is 3. The lowest BCUT2D eigenvalue weighted by Crippen LogP contribution is -2.73. The summed E-state index contributed by atoms with van der Waals surface area (Å²) in [5.41, 5.74) is 13.8. The third-order valence-corrected chi connectivity index (χ3v) is 8.27. The van der Waals surface area contributed by atoms with E-state index in [2.05, 4.69) is 38.4 Å². The third-order valence-electron chi connectivity index (χ3n) is 7.26. The summed E-state index contributed by atoms with van der Waals surface area (Å²) in [4.78, 5) is 76.9. The second-order valence-electron chi connectivity index (χ2n) is 11.0. The molecule has 2 aliphatic rings. The van der Waals surface area contributed by atoms with E-state index < -0.39 is 52.6 Å². The van der Waals surface area contributed by atoms with Gasteiger partial charge in [-0.1, -0.05) is 11.2 Å². The molecule has 3 amide bonds. The van der Waals surface area contributed by atoms with Crippen LogP contribution in [-0.2, 0) is 35.4 Å². The van der Waals surface area contributed by atoms with Crippen LogP contribution in [0.2, 0.25) is 0 Å². The summed E-state index contributed by atoms with van der Waals surface area (Å²) in [6.45, 7) is 2.40. The maximum atomic E-state index is 13.5. The largest absolute Gasteiger partial charge is 0.478 e. The number of allylic oxidation sites excluding steroid dienone is 2. The van der Waals surface area contributed by atoms with Gasteiger partial charge >= 0.3 is 11.9 Å². The van der Waals surface area contributed by atoms with Crippen molar-refractivity contribution in [2.24, 2.45) is 10.9 Å². The van der Waals surface area contributed by atoms with Gasteiger partial charge in [0.2, 0.25) is 11.5 Å². The Balaban J connectivity index is 1.56. The zero-order valence-corrected chi connectivity index (χ0v) is 26.9. The number of nitrogen functional groups attached to an aromatic ring is 2. The van der Waals surface area contributed by atoms with Crippen LogP contribution in [0.3, 0.4) is 0 Å². The van der Waals surface area contributed by atoms with Gasteiger partial charge in [0.1, 0.15) is 30.2 Å². The molecule has 10 N–H and O–H groups in total. The number of thiazole rings is 1. The van der Waals surface area contributed by atoms with Gasteiger partial charge in [0.15, 0.2) is 16.5 Å². The number of thiol groups is 1. The van der Waals surface area contributed by atoms with Gasteiger partial charge in [-0.25, -0.2) is 19.1 Å². The molecule has 1 atom stereocenters. The van der Waals surface area contributed by atoms with Crippen LogP contribution < -0.4 is 32.4 Å². The summed E-state index contributed by atoms with van der Waals surface area (Å²) >= 11 is 5.30. The van der Waals surface area contributed by atoms with Crippen LogP contribution in [0.25, 0.3) is 0 Å². The lowest BCUT2D eigenvalue weighted by Gasteiger charge is -2.48. The Bertz CT molecular complexity index is 1720. The number of β-lactam (4-membered cyclic amide) rings is 1. The van der Waals surface area contributed by atoms with Crippen molar-refractivity contribution in [1.82, 2.24) is 20.2 Å². The Labute approximate surface area is 276 Å². The van der Waals surface area contributed by atoms with Crippen LogP contribution in [0.5, 0.6) is 0 Å². The number of carbonyl (C=O) groups excluding carboxylic acids is 3. The number of nitrogens with one attached hydrogen (secondary N) is 2. The van der Waals surface area contributed by atoms with Gasteiger partial charge < -0.3 is 42.9 Å². The van der Waals surface area contributed by atoms with Crippen molar-refractivity contribution in [3.63, 3.8) is 0 Å². The molecule has 47 heavy (non-hydrogen) atoms. The van der Waals surface area contributed by atoms with E-state index in [1.165, 1.54) is 37.8 Å². The van der Waals surface area contributed by atoms with Crippen LogP contribution in [0, 0.1) is 0 Å². The highest BCUT2D eigenvalue weighted by Crippen LogP contribution is 2.54. The standard InChI is InChI=1S/C27H32N10O8S2/c1-26(2,24(43)44)45-35-17(15-11-47-25(30)33-15)21(39)34-19-22(40)37(27(19)5-6-27)18(23(41)42)13(10-46)4-3-7-36-9-14(20(29)31-12-36)32-16(38)8-28/h3-4,9,11-12,19,29H,5-8,10,28H2,1-2H3,(H7,30,32,33,34,38,39,41,42,43,44,46)/p+1/b4-3+,18-13-,35-17-/t19-/m1/s1. The second-order valence-corrected chi connectivity index (χ2v) is 12.2. The number of rotatable bonds is 14. The molecule has 4 rings (SSSR count). The molecule has 1 saturated carbocycles. The quantitative estimate of drug-likeness (QED) is 0.0222. The summed E-state index contributed by atoms with van der Waals surface area (Å²) in [7, 11) is 0. The Morgan fingerprint density at radius 1 is 1.30 bits per heavy atom. The monoisotopic (exact) mass is 689 g/mol. The lowest BCUT2D eigenvalue weighted by molar-refractivity contribution is -0.689. The molecule has 2 fully saturated rings. The molecule has 1 aliphatic carbocycles. The topological polar surface area (TPSA) is 282 Å². The predicted octanol–water partition coefficient (Wildman–Crippen LogP) is -1.14. The van der Waals surface area contributed by atoms with Gasteiger partial charge in [0.25, 0.3) is 24.0 Å². The summed E-state index contributed by atoms with van der Waals surface area (Å²) in [6.07, 6.45) is 6.85. The van der Waals surface area contributed by atoms with Crippen LogP contribution in [0.4, 0.5) is 16.6 Å². The summed E-state index contributed by atoms with van der Waals surface area (Å²) < 4.78 is 1.58. The fourth-order valence-electron chi connectivity index (χ4n) is 4.58. The molecule has 2 aromatic rings. The maximum absolute atomic E-state index is 13.5. The van der Waals surface area contributed by atoms with E-state index >= 15 is 0 Å². The fraction of sp³-hybridized carbons (Fsp3) is 0.370. The minimum atomic E-state index is -1.79. The highest BCUT2D eigenvalue weighted by Gasteiger charge is 2.70. The number of aliphatic carboxylic acids is 2. The number of carboxylic acids is 2. The number of hydrogen-bond acceptors (Lipinski definition) is 14. The molecule has 1 saturated heterocycles. The number of carbonyl (C=O) groups is 5. The van der Waals surface area contributed by atoms with E-state index in [1.807, 2.05) is 0 Å². The van der Waals surface area contributed by atoms with E-state index in [0.29, 0.717) is 12.8 Å². The van der Waals surface area contributed by atoms with Gasteiger partial charge in [-0.2, -0.15) is 12.6 Å². The minimum Gasteiger partial charge on any atom is -0.478 e. The smallest absolute Gasteiger partial charge is 0.352 e. The summed E-state index contributed by atoms with van der Waals surface area (Å²) in [5.74, 6) is -4.72. The zero-order valence-electron chi connectivity index (χ0n) is 25.2. The van der Waals surface area contributed by atoms with E-state index in [4.69, 9.17) is 22.0 Å². The van der Waals surface area contributed by atoms with Crippen molar-refractivity contribution < 1.29 is 43.6 Å². The minimum absolute atomic E-state index is 0.00339. The second kappa shape index (κ2) is 13.7. The highest BCUT2D eigenvalue weighted by atomic mass is 32.1. The molecule has 0 aromatic carbocycles. The van der Waals surface area contributed by atoms with Crippen LogP contribution >= 0.6 is 24.0 Å². The molecule has 18 nitrogen and oxygen atoms in total. The Morgan fingerprint density at radius 3 is 2.55 bits per heavy atom. The van der Waals surface area contributed by atoms with Crippen LogP contribution in [-0.4, -0.2) is 89.9 Å². The number of likely N-dealkylation sites (tertiary alicyclic amines) is 1. The number of anilines is 3.